The molecule has 1 aromatic rings. The van der Waals surface area contributed by atoms with Gasteiger partial charge in [-0.2, -0.15) is 0 Å². The molecular weight excluding hydrogens is 272 g/mol. The van der Waals surface area contributed by atoms with Crippen molar-refractivity contribution >= 4 is 11.9 Å². The van der Waals surface area contributed by atoms with E-state index in [1.54, 1.807) is 13.8 Å². The lowest BCUT2D eigenvalue weighted by Crippen LogP contribution is -2.43. The van der Waals surface area contributed by atoms with Crippen LogP contribution in [0.2, 0.25) is 0 Å². The highest BCUT2D eigenvalue weighted by Gasteiger charge is 2.38. The van der Waals surface area contributed by atoms with Crippen molar-refractivity contribution in [3.8, 4) is 0 Å². The Morgan fingerprint density at radius 2 is 2.00 bits per heavy atom. The van der Waals surface area contributed by atoms with Crippen LogP contribution < -0.4 is 0 Å². The summed E-state index contributed by atoms with van der Waals surface area (Å²) in [6.45, 7) is 9.39. The molecule has 1 amide bonds. The molecule has 0 radical (unpaired) electrons. The van der Waals surface area contributed by atoms with Crippen LogP contribution in [0.15, 0.2) is 4.42 Å². The highest BCUT2D eigenvalue weighted by molar-refractivity contribution is 5.95. The zero-order valence-electron chi connectivity index (χ0n) is 13.2. The highest BCUT2D eigenvalue weighted by atomic mass is 16.6. The second-order valence-electron chi connectivity index (χ2n) is 6.34. The zero-order valence-corrected chi connectivity index (χ0v) is 13.2. The van der Waals surface area contributed by atoms with Gasteiger partial charge in [0.05, 0.1) is 5.69 Å². The van der Waals surface area contributed by atoms with Gasteiger partial charge in [-0.15, -0.1) is 0 Å². The number of amides is 1. The summed E-state index contributed by atoms with van der Waals surface area (Å²) in [4.78, 5) is 30.4. The second kappa shape index (κ2) is 5.50. The molecule has 6 nitrogen and oxygen atoms in total. The average molecular weight is 294 g/mol. The molecule has 1 atom stereocenters. The van der Waals surface area contributed by atoms with Crippen LogP contribution in [0.1, 0.15) is 55.8 Å². The van der Waals surface area contributed by atoms with Gasteiger partial charge in [-0.1, -0.05) is 0 Å². The van der Waals surface area contributed by atoms with Crippen molar-refractivity contribution in [3.63, 3.8) is 0 Å². The van der Waals surface area contributed by atoms with E-state index in [-0.39, 0.29) is 17.6 Å². The van der Waals surface area contributed by atoms with Crippen LogP contribution in [0.4, 0.5) is 0 Å². The van der Waals surface area contributed by atoms with Crippen molar-refractivity contribution in [2.45, 2.75) is 59.1 Å². The topological polar surface area (TPSA) is 72.6 Å². The van der Waals surface area contributed by atoms with Crippen LogP contribution in [0.25, 0.3) is 0 Å². The minimum atomic E-state index is -0.562. The standard InChI is InChI=1S/C15H22N2O4/c1-9-12(20-10(2)16-9)13(18)17-8-6-7-11(17)14(19)21-15(3,4)5/h11H,6-8H2,1-5H3/t11-/m0/s1. The van der Waals surface area contributed by atoms with Crippen LogP contribution in [-0.2, 0) is 9.53 Å². The van der Waals surface area contributed by atoms with Crippen LogP contribution in [0, 0.1) is 13.8 Å². The SMILES string of the molecule is Cc1nc(C)c(C(=O)N2CCC[C@H]2C(=O)OC(C)(C)C)o1. The minimum Gasteiger partial charge on any atom is -0.458 e. The van der Waals surface area contributed by atoms with Crippen molar-refractivity contribution in [1.29, 1.82) is 0 Å². The number of hydrogen-bond acceptors (Lipinski definition) is 5. The quantitative estimate of drug-likeness (QED) is 0.782. The molecule has 1 saturated heterocycles. The molecule has 0 saturated carbocycles. The van der Waals surface area contributed by atoms with E-state index in [4.69, 9.17) is 9.15 Å². The Morgan fingerprint density at radius 1 is 1.33 bits per heavy atom. The van der Waals surface area contributed by atoms with Gasteiger partial charge < -0.3 is 14.1 Å². The number of esters is 1. The first-order valence-corrected chi connectivity index (χ1v) is 7.17. The number of rotatable bonds is 2. The van der Waals surface area contributed by atoms with E-state index in [0.29, 0.717) is 24.6 Å². The van der Waals surface area contributed by atoms with Crippen molar-refractivity contribution < 1.29 is 18.7 Å². The summed E-state index contributed by atoms with van der Waals surface area (Å²) < 4.78 is 10.8. The Morgan fingerprint density at radius 3 is 2.52 bits per heavy atom. The Hall–Kier alpha value is -1.85. The largest absolute Gasteiger partial charge is 0.458 e. The van der Waals surface area contributed by atoms with Crippen LogP contribution in [-0.4, -0.2) is 39.9 Å². The number of oxazole rings is 1. The Balaban J connectivity index is 2.17. The van der Waals surface area contributed by atoms with E-state index < -0.39 is 11.6 Å². The Bertz CT molecular complexity index is 557. The van der Waals surface area contributed by atoms with Gasteiger partial charge >= 0.3 is 5.97 Å². The normalized spacial score (nSPS) is 18.9. The number of nitrogens with zero attached hydrogens (tertiary/aromatic N) is 2. The third-order valence-corrected chi connectivity index (χ3v) is 3.29. The number of carbonyl (C=O) groups excluding carboxylic acids is 2. The summed E-state index contributed by atoms with van der Waals surface area (Å²) in [6.07, 6.45) is 1.40. The van der Waals surface area contributed by atoms with Gasteiger partial charge in [0, 0.05) is 13.5 Å². The van der Waals surface area contributed by atoms with E-state index in [1.165, 1.54) is 4.90 Å². The average Bonchev–Trinajstić information content (AvgIpc) is 2.92. The van der Waals surface area contributed by atoms with E-state index in [2.05, 4.69) is 4.98 Å². The summed E-state index contributed by atoms with van der Waals surface area (Å²) in [5, 5.41) is 0. The van der Waals surface area contributed by atoms with Crippen molar-refractivity contribution in [3.05, 3.63) is 17.3 Å². The Labute approximate surface area is 124 Å². The van der Waals surface area contributed by atoms with Gasteiger partial charge in [-0.3, -0.25) is 4.79 Å². The Kier molecular flexibility index (Phi) is 4.07. The number of aryl methyl sites for hydroxylation is 2. The second-order valence-corrected chi connectivity index (χ2v) is 6.34. The summed E-state index contributed by atoms with van der Waals surface area (Å²) >= 11 is 0. The summed E-state index contributed by atoms with van der Waals surface area (Å²) in [6, 6.07) is -0.540. The van der Waals surface area contributed by atoms with E-state index >= 15 is 0 Å². The van der Waals surface area contributed by atoms with Crippen LogP contribution in [0.5, 0.6) is 0 Å². The molecule has 0 N–H and O–H groups in total. The van der Waals surface area contributed by atoms with Gasteiger partial charge in [0.25, 0.3) is 5.91 Å². The summed E-state index contributed by atoms with van der Waals surface area (Å²) in [7, 11) is 0. The molecule has 0 spiro atoms. The highest BCUT2D eigenvalue weighted by Crippen LogP contribution is 2.24. The molecule has 0 aliphatic carbocycles. The van der Waals surface area contributed by atoms with Crippen molar-refractivity contribution in [2.24, 2.45) is 0 Å². The van der Waals surface area contributed by atoms with Gasteiger partial charge in [0.2, 0.25) is 5.76 Å². The monoisotopic (exact) mass is 294 g/mol. The first-order valence-electron chi connectivity index (χ1n) is 7.17. The van der Waals surface area contributed by atoms with E-state index in [1.807, 2.05) is 20.8 Å². The lowest BCUT2D eigenvalue weighted by molar-refractivity contribution is -0.159. The number of ether oxygens (including phenoxy) is 1. The van der Waals surface area contributed by atoms with Gasteiger partial charge in [0.15, 0.2) is 5.89 Å². The van der Waals surface area contributed by atoms with Crippen LogP contribution in [0.3, 0.4) is 0 Å². The number of carbonyl (C=O) groups is 2. The first-order chi connectivity index (χ1) is 9.69. The maximum atomic E-state index is 12.5. The number of likely N-dealkylation sites (tertiary alicyclic amines) is 1. The molecule has 0 unspecified atom stereocenters. The predicted octanol–water partition coefficient (Wildman–Crippen LogP) is 2.24. The molecule has 21 heavy (non-hydrogen) atoms. The molecule has 1 aliphatic heterocycles. The van der Waals surface area contributed by atoms with E-state index in [9.17, 15) is 9.59 Å². The lowest BCUT2D eigenvalue weighted by atomic mass is 10.1. The van der Waals surface area contributed by atoms with Crippen molar-refractivity contribution in [1.82, 2.24) is 9.88 Å². The maximum Gasteiger partial charge on any atom is 0.329 e. The smallest absolute Gasteiger partial charge is 0.329 e. The van der Waals surface area contributed by atoms with Gasteiger partial charge in [0.1, 0.15) is 11.6 Å². The summed E-state index contributed by atoms with van der Waals surface area (Å²) in [5.41, 5.74) is -0.0139. The zero-order chi connectivity index (χ0) is 15.8. The molecular formula is C15H22N2O4. The fourth-order valence-electron chi connectivity index (χ4n) is 2.48. The third kappa shape index (κ3) is 3.43. The van der Waals surface area contributed by atoms with Gasteiger partial charge in [-0.25, -0.2) is 9.78 Å². The third-order valence-electron chi connectivity index (χ3n) is 3.29. The molecule has 2 heterocycles. The molecule has 6 heteroatoms. The van der Waals surface area contributed by atoms with Gasteiger partial charge in [-0.05, 0) is 40.5 Å². The number of hydrogen-bond donors (Lipinski definition) is 0. The maximum absolute atomic E-state index is 12.5. The van der Waals surface area contributed by atoms with Crippen molar-refractivity contribution in [2.75, 3.05) is 6.54 Å². The molecule has 0 aromatic carbocycles. The fourth-order valence-corrected chi connectivity index (χ4v) is 2.48. The summed E-state index contributed by atoms with van der Waals surface area (Å²) in [5.74, 6) is 0.00974. The van der Waals surface area contributed by atoms with Crippen LogP contribution >= 0.6 is 0 Å². The molecule has 1 fully saturated rings. The number of aromatic nitrogens is 1. The molecule has 116 valence electrons. The molecule has 2 rings (SSSR count). The predicted molar refractivity (Wildman–Crippen MR) is 75.9 cm³/mol. The van der Waals surface area contributed by atoms with E-state index in [0.717, 1.165) is 6.42 Å². The molecule has 0 bridgehead atoms. The molecule has 1 aromatic heterocycles. The lowest BCUT2D eigenvalue weighted by Gasteiger charge is -2.27. The fraction of sp³-hybridized carbons (Fsp3) is 0.667. The molecule has 1 aliphatic rings. The first kappa shape index (κ1) is 15.5. The minimum absolute atomic E-state index is 0.211.